The highest BCUT2D eigenvalue weighted by molar-refractivity contribution is 5.97. The van der Waals surface area contributed by atoms with Crippen molar-refractivity contribution in [1.82, 2.24) is 15.0 Å². The van der Waals surface area contributed by atoms with Gasteiger partial charge in [0.05, 0.1) is 5.52 Å². The van der Waals surface area contributed by atoms with Gasteiger partial charge in [-0.25, -0.2) is 9.48 Å². The first-order valence-electron chi connectivity index (χ1n) is 4.94. The Morgan fingerprint density at radius 1 is 1.31 bits per heavy atom. The zero-order valence-corrected chi connectivity index (χ0v) is 8.80. The van der Waals surface area contributed by atoms with Crippen LogP contribution in [0.4, 0.5) is 0 Å². The molecule has 0 unspecified atom stereocenters. The zero-order chi connectivity index (χ0) is 11.3. The van der Waals surface area contributed by atoms with Crippen LogP contribution in [0.15, 0.2) is 25.8 Å². The predicted octanol–water partition coefficient (Wildman–Crippen LogP) is 1.71. The molecular weight excluding hydrogens is 210 g/mol. The van der Waals surface area contributed by atoms with Crippen molar-refractivity contribution >= 4 is 22.2 Å². The molecule has 16 heavy (non-hydrogen) atoms. The van der Waals surface area contributed by atoms with E-state index in [1.165, 1.54) is 0 Å². The summed E-state index contributed by atoms with van der Waals surface area (Å²) in [5, 5.41) is 8.02. The zero-order valence-electron chi connectivity index (χ0n) is 8.80. The molecule has 0 amide bonds. The lowest BCUT2D eigenvalue weighted by molar-refractivity contribution is 0.410. The average molecular weight is 219 g/mol. The van der Waals surface area contributed by atoms with E-state index in [0.29, 0.717) is 16.7 Å². The van der Waals surface area contributed by atoms with E-state index in [4.69, 9.17) is 8.83 Å². The SMILES string of the molecule is CC(C)n1nnc2c3oc(=O)oc3ccc21. The molecule has 6 nitrogen and oxygen atoms in total. The number of aromatic nitrogens is 3. The van der Waals surface area contributed by atoms with Crippen molar-refractivity contribution in [2.24, 2.45) is 0 Å². The van der Waals surface area contributed by atoms with Crippen molar-refractivity contribution in [3.05, 3.63) is 22.7 Å². The van der Waals surface area contributed by atoms with E-state index in [1.807, 2.05) is 19.9 Å². The Labute approximate surface area is 89.4 Å². The van der Waals surface area contributed by atoms with E-state index in [9.17, 15) is 4.79 Å². The van der Waals surface area contributed by atoms with Gasteiger partial charge in [-0.05, 0) is 26.0 Å². The Morgan fingerprint density at radius 3 is 2.88 bits per heavy atom. The first kappa shape index (κ1) is 9.14. The quantitative estimate of drug-likeness (QED) is 0.622. The van der Waals surface area contributed by atoms with Gasteiger partial charge in [-0.3, -0.25) is 0 Å². The lowest BCUT2D eigenvalue weighted by Crippen LogP contribution is -2.02. The minimum atomic E-state index is -0.721. The van der Waals surface area contributed by atoms with Gasteiger partial charge in [-0.2, -0.15) is 0 Å². The van der Waals surface area contributed by atoms with Gasteiger partial charge in [0.15, 0.2) is 11.1 Å². The number of hydrogen-bond donors (Lipinski definition) is 0. The molecule has 0 saturated heterocycles. The van der Waals surface area contributed by atoms with Crippen LogP contribution < -0.4 is 5.82 Å². The lowest BCUT2D eigenvalue weighted by atomic mass is 10.2. The van der Waals surface area contributed by atoms with Crippen molar-refractivity contribution in [3.8, 4) is 0 Å². The Kier molecular flexibility index (Phi) is 1.68. The predicted molar refractivity (Wildman–Crippen MR) is 56.2 cm³/mol. The van der Waals surface area contributed by atoms with Crippen LogP contribution in [0.5, 0.6) is 0 Å². The van der Waals surface area contributed by atoms with Crippen LogP contribution in [0, 0.1) is 0 Å². The van der Waals surface area contributed by atoms with E-state index in [0.717, 1.165) is 5.52 Å². The Morgan fingerprint density at radius 2 is 2.12 bits per heavy atom. The third-order valence-electron chi connectivity index (χ3n) is 2.43. The van der Waals surface area contributed by atoms with Crippen LogP contribution in [-0.4, -0.2) is 15.0 Å². The smallest absolute Gasteiger partial charge is 0.391 e. The van der Waals surface area contributed by atoms with Gasteiger partial charge >= 0.3 is 5.82 Å². The number of hydrogen-bond acceptors (Lipinski definition) is 5. The van der Waals surface area contributed by atoms with E-state index in [2.05, 4.69) is 10.3 Å². The summed E-state index contributed by atoms with van der Waals surface area (Å²) in [6, 6.07) is 3.70. The number of benzene rings is 1. The Bertz CT molecular complexity index is 720. The Balaban J connectivity index is 2.48. The highest BCUT2D eigenvalue weighted by Gasteiger charge is 2.14. The van der Waals surface area contributed by atoms with E-state index in [-0.39, 0.29) is 6.04 Å². The summed E-state index contributed by atoms with van der Waals surface area (Å²) in [5.74, 6) is -0.721. The largest absolute Gasteiger partial charge is 0.519 e. The molecular formula is C10H9N3O3. The standard InChI is InChI=1S/C10H9N3O3/c1-5(2)13-6-3-4-7-9(8(6)11-12-13)16-10(14)15-7/h3-5H,1-2H3. The molecule has 0 N–H and O–H groups in total. The van der Waals surface area contributed by atoms with Crippen LogP contribution >= 0.6 is 0 Å². The molecule has 0 bridgehead atoms. The maximum atomic E-state index is 11.0. The molecule has 3 rings (SSSR count). The molecule has 0 spiro atoms. The molecule has 0 atom stereocenters. The highest BCUT2D eigenvalue weighted by Crippen LogP contribution is 2.23. The highest BCUT2D eigenvalue weighted by atomic mass is 16.6. The monoisotopic (exact) mass is 219 g/mol. The fraction of sp³-hybridized carbons (Fsp3) is 0.300. The molecule has 0 aliphatic heterocycles. The van der Waals surface area contributed by atoms with Crippen molar-refractivity contribution in [3.63, 3.8) is 0 Å². The van der Waals surface area contributed by atoms with Gasteiger partial charge in [0.1, 0.15) is 0 Å². The molecule has 1 aromatic carbocycles. The van der Waals surface area contributed by atoms with Gasteiger partial charge in [0.25, 0.3) is 0 Å². The first-order valence-corrected chi connectivity index (χ1v) is 4.94. The van der Waals surface area contributed by atoms with E-state index < -0.39 is 5.82 Å². The third-order valence-corrected chi connectivity index (χ3v) is 2.43. The average Bonchev–Trinajstić information content (AvgIpc) is 2.77. The molecule has 0 saturated carbocycles. The summed E-state index contributed by atoms with van der Waals surface area (Å²) >= 11 is 0. The molecule has 2 heterocycles. The lowest BCUT2D eigenvalue weighted by Gasteiger charge is -2.04. The van der Waals surface area contributed by atoms with Crippen LogP contribution in [0.2, 0.25) is 0 Å². The molecule has 0 aliphatic carbocycles. The molecule has 6 heteroatoms. The second-order valence-electron chi connectivity index (χ2n) is 3.84. The Hall–Kier alpha value is -2.11. The van der Waals surface area contributed by atoms with Crippen LogP contribution in [0.25, 0.3) is 22.2 Å². The van der Waals surface area contributed by atoms with Gasteiger partial charge in [0.2, 0.25) is 5.58 Å². The fourth-order valence-corrected chi connectivity index (χ4v) is 1.72. The molecule has 3 aromatic rings. The number of nitrogens with zero attached hydrogens (tertiary/aromatic N) is 3. The summed E-state index contributed by atoms with van der Waals surface area (Å²) in [6.07, 6.45) is 0. The summed E-state index contributed by atoms with van der Waals surface area (Å²) in [4.78, 5) is 11.0. The number of fused-ring (bicyclic) bond motifs is 3. The number of rotatable bonds is 1. The molecule has 0 radical (unpaired) electrons. The van der Waals surface area contributed by atoms with Crippen molar-refractivity contribution in [2.45, 2.75) is 19.9 Å². The minimum absolute atomic E-state index is 0.195. The van der Waals surface area contributed by atoms with Crippen molar-refractivity contribution in [2.75, 3.05) is 0 Å². The maximum absolute atomic E-state index is 11.0. The van der Waals surface area contributed by atoms with Crippen LogP contribution in [0.1, 0.15) is 19.9 Å². The van der Waals surface area contributed by atoms with Gasteiger partial charge < -0.3 is 8.83 Å². The second kappa shape index (κ2) is 2.94. The summed E-state index contributed by atoms with van der Waals surface area (Å²) in [6.45, 7) is 4.01. The van der Waals surface area contributed by atoms with Gasteiger partial charge in [0, 0.05) is 6.04 Å². The van der Waals surface area contributed by atoms with Crippen molar-refractivity contribution < 1.29 is 8.83 Å². The second-order valence-corrected chi connectivity index (χ2v) is 3.84. The summed E-state index contributed by atoms with van der Waals surface area (Å²) in [5.41, 5.74) is 2.13. The van der Waals surface area contributed by atoms with Gasteiger partial charge in [-0.15, -0.1) is 5.10 Å². The minimum Gasteiger partial charge on any atom is -0.391 e. The molecule has 0 fully saturated rings. The van der Waals surface area contributed by atoms with Crippen molar-refractivity contribution in [1.29, 1.82) is 0 Å². The van der Waals surface area contributed by atoms with E-state index in [1.54, 1.807) is 10.7 Å². The molecule has 0 aliphatic rings. The normalized spacial score (nSPS) is 11.9. The topological polar surface area (TPSA) is 74.1 Å². The molecule has 82 valence electrons. The summed E-state index contributed by atoms with van der Waals surface area (Å²) < 4.78 is 11.5. The summed E-state index contributed by atoms with van der Waals surface area (Å²) in [7, 11) is 0. The van der Waals surface area contributed by atoms with Crippen LogP contribution in [0.3, 0.4) is 0 Å². The fourth-order valence-electron chi connectivity index (χ4n) is 1.72. The molecule has 2 aromatic heterocycles. The van der Waals surface area contributed by atoms with Gasteiger partial charge in [-0.1, -0.05) is 5.21 Å². The first-order chi connectivity index (χ1) is 7.66. The van der Waals surface area contributed by atoms with E-state index >= 15 is 0 Å². The maximum Gasteiger partial charge on any atom is 0.519 e. The van der Waals surface area contributed by atoms with Crippen LogP contribution in [-0.2, 0) is 0 Å². The third kappa shape index (κ3) is 1.09.